The topological polar surface area (TPSA) is 147 Å². The van der Waals surface area contributed by atoms with Gasteiger partial charge < -0.3 is 25.8 Å². The first-order valence-corrected chi connectivity index (χ1v) is 13.7. The lowest BCUT2D eigenvalue weighted by atomic mass is 9.95. The van der Waals surface area contributed by atoms with Gasteiger partial charge in [-0.1, -0.05) is 43.5 Å². The Balaban J connectivity index is 1.61. The number of likely N-dealkylation sites (N-methyl/N-ethyl adjacent to an activating group) is 1. The van der Waals surface area contributed by atoms with Gasteiger partial charge in [0.2, 0.25) is 0 Å². The van der Waals surface area contributed by atoms with Crippen LogP contribution in [0, 0.1) is 17.6 Å². The number of amides is 3. The summed E-state index contributed by atoms with van der Waals surface area (Å²) in [6.07, 6.45) is 2.90. The number of ether oxygens (including phenoxy) is 1. The van der Waals surface area contributed by atoms with E-state index in [-0.39, 0.29) is 29.9 Å². The van der Waals surface area contributed by atoms with E-state index in [2.05, 4.69) is 15.6 Å². The van der Waals surface area contributed by atoms with Crippen molar-refractivity contribution in [3.05, 3.63) is 70.9 Å². The van der Waals surface area contributed by atoms with Crippen molar-refractivity contribution in [3.8, 4) is 0 Å². The molecule has 2 aromatic carbocycles. The number of benzene rings is 2. The molecular formula is C29H34ClF2N5O5. The van der Waals surface area contributed by atoms with Gasteiger partial charge in [-0.05, 0) is 60.0 Å². The molecule has 0 aliphatic rings. The number of rotatable bonds is 13. The molecule has 13 heteroatoms. The number of fused-ring (bicyclic) bond motifs is 1. The summed E-state index contributed by atoms with van der Waals surface area (Å²) in [5, 5.41) is 15.5. The van der Waals surface area contributed by atoms with E-state index < -0.39 is 41.8 Å². The van der Waals surface area contributed by atoms with Gasteiger partial charge >= 0.3 is 18.1 Å². The van der Waals surface area contributed by atoms with Crippen LogP contribution in [0.15, 0.2) is 48.7 Å². The van der Waals surface area contributed by atoms with Gasteiger partial charge in [-0.25, -0.2) is 23.4 Å². The first-order valence-electron chi connectivity index (χ1n) is 13.4. The van der Waals surface area contributed by atoms with Crippen molar-refractivity contribution in [2.24, 2.45) is 11.7 Å². The molecule has 226 valence electrons. The highest BCUT2D eigenvalue weighted by atomic mass is 35.5. The lowest BCUT2D eigenvalue weighted by Crippen LogP contribution is -2.46. The Morgan fingerprint density at radius 2 is 1.86 bits per heavy atom. The molecule has 3 aromatic rings. The molecule has 1 aromatic heterocycles. The number of urea groups is 1. The van der Waals surface area contributed by atoms with Crippen LogP contribution in [0.3, 0.4) is 0 Å². The second kappa shape index (κ2) is 15.3. The van der Waals surface area contributed by atoms with Crippen LogP contribution in [0.4, 0.5) is 24.2 Å². The van der Waals surface area contributed by atoms with Crippen LogP contribution in [-0.2, 0) is 16.1 Å². The Kier molecular flexibility index (Phi) is 11.8. The maximum Gasteiger partial charge on any atom is 0.412 e. The van der Waals surface area contributed by atoms with E-state index in [1.54, 1.807) is 19.1 Å². The van der Waals surface area contributed by atoms with E-state index in [1.807, 2.05) is 0 Å². The molecule has 0 spiro atoms. The predicted octanol–water partition coefficient (Wildman–Crippen LogP) is 5.53. The number of aromatic nitrogens is 1. The molecule has 0 aliphatic carbocycles. The zero-order chi connectivity index (χ0) is 30.8. The molecule has 1 heterocycles. The van der Waals surface area contributed by atoms with Crippen molar-refractivity contribution in [1.29, 1.82) is 0 Å². The van der Waals surface area contributed by atoms with Gasteiger partial charge in [-0.2, -0.15) is 0 Å². The fourth-order valence-corrected chi connectivity index (χ4v) is 4.49. The van der Waals surface area contributed by atoms with Crippen molar-refractivity contribution < 1.29 is 33.0 Å². The number of halogens is 3. The quantitative estimate of drug-likeness (QED) is 0.187. The van der Waals surface area contributed by atoms with Crippen LogP contribution >= 0.6 is 11.6 Å². The number of carboxylic acid groups (broad SMARTS) is 1. The lowest BCUT2D eigenvalue weighted by Gasteiger charge is -2.28. The van der Waals surface area contributed by atoms with Crippen molar-refractivity contribution in [2.75, 3.05) is 19.0 Å². The molecule has 0 saturated carbocycles. The van der Waals surface area contributed by atoms with Crippen LogP contribution in [0.2, 0.25) is 5.02 Å². The van der Waals surface area contributed by atoms with Gasteiger partial charge in [0.15, 0.2) is 0 Å². The molecule has 3 amide bonds. The Morgan fingerprint density at radius 3 is 2.60 bits per heavy atom. The molecule has 0 bridgehead atoms. The summed E-state index contributed by atoms with van der Waals surface area (Å²) in [6.45, 7) is 1.57. The molecule has 0 fully saturated rings. The summed E-state index contributed by atoms with van der Waals surface area (Å²) in [6, 6.07) is 7.98. The monoisotopic (exact) mass is 605 g/mol. The predicted molar refractivity (Wildman–Crippen MR) is 155 cm³/mol. The van der Waals surface area contributed by atoms with Gasteiger partial charge in [0.25, 0.3) is 0 Å². The minimum absolute atomic E-state index is 0.0212. The van der Waals surface area contributed by atoms with Gasteiger partial charge in [0.05, 0.1) is 11.1 Å². The van der Waals surface area contributed by atoms with Crippen LogP contribution in [0.5, 0.6) is 0 Å². The normalized spacial score (nSPS) is 13.2. The fraction of sp³-hybridized carbons (Fsp3) is 0.379. The molecule has 3 rings (SSSR count). The molecule has 3 atom stereocenters. The number of nitrogens with two attached hydrogens (primary N) is 1. The number of unbranched alkanes of at least 4 members (excludes halogenated alkanes) is 1. The van der Waals surface area contributed by atoms with E-state index in [0.29, 0.717) is 42.0 Å². The third-order valence-electron chi connectivity index (χ3n) is 7.00. The highest BCUT2D eigenvalue weighted by Gasteiger charge is 2.23. The van der Waals surface area contributed by atoms with Crippen molar-refractivity contribution >= 4 is 46.3 Å². The number of nitrogens with zero attached hydrogens (tertiary/aromatic N) is 2. The van der Waals surface area contributed by atoms with Gasteiger partial charge in [-0.15, -0.1) is 0 Å². The molecule has 42 heavy (non-hydrogen) atoms. The Morgan fingerprint density at radius 1 is 1.12 bits per heavy atom. The Hall–Kier alpha value is -4.03. The first kappa shape index (κ1) is 32.5. The number of aliphatic carboxylic acids is 1. The third kappa shape index (κ3) is 9.25. The fourth-order valence-electron chi connectivity index (χ4n) is 4.30. The average molecular weight is 606 g/mol. The molecule has 2 unspecified atom stereocenters. The van der Waals surface area contributed by atoms with E-state index in [9.17, 15) is 23.2 Å². The van der Waals surface area contributed by atoms with Crippen molar-refractivity contribution in [2.45, 2.75) is 51.2 Å². The van der Waals surface area contributed by atoms with Gasteiger partial charge in [0.1, 0.15) is 30.1 Å². The highest BCUT2D eigenvalue weighted by Crippen LogP contribution is 2.21. The number of carbonyl (C=O) groups is 3. The highest BCUT2D eigenvalue weighted by molar-refractivity contribution is 6.31. The van der Waals surface area contributed by atoms with Crippen LogP contribution in [-0.4, -0.2) is 58.8 Å². The van der Waals surface area contributed by atoms with Crippen LogP contribution < -0.4 is 16.4 Å². The summed E-state index contributed by atoms with van der Waals surface area (Å²) in [5.74, 6) is -2.18. The number of hydrogen-bond donors (Lipinski definition) is 4. The summed E-state index contributed by atoms with van der Waals surface area (Å²) < 4.78 is 32.8. The van der Waals surface area contributed by atoms with Crippen LogP contribution in [0.25, 0.3) is 10.8 Å². The zero-order valence-electron chi connectivity index (χ0n) is 23.3. The van der Waals surface area contributed by atoms with E-state index >= 15 is 0 Å². The summed E-state index contributed by atoms with van der Waals surface area (Å²) in [7, 11) is 1.54. The molecular weight excluding hydrogens is 572 g/mol. The minimum Gasteiger partial charge on any atom is -0.480 e. The average Bonchev–Trinajstić information content (AvgIpc) is 2.96. The summed E-state index contributed by atoms with van der Waals surface area (Å²) in [4.78, 5) is 42.2. The zero-order valence-corrected chi connectivity index (χ0v) is 24.0. The van der Waals surface area contributed by atoms with E-state index in [4.69, 9.17) is 27.2 Å². The molecule has 0 radical (unpaired) electrons. The largest absolute Gasteiger partial charge is 0.480 e. The number of anilines is 1. The van der Waals surface area contributed by atoms with Crippen molar-refractivity contribution in [3.63, 3.8) is 0 Å². The van der Waals surface area contributed by atoms with Crippen molar-refractivity contribution in [1.82, 2.24) is 15.2 Å². The standard InChI is InChI=1S/C29H34ClF2N5O5/c1-17(26(33)27(38)39)6-3-4-8-22(37(2)28(40)35-15-19-7-5-9-23(32)25(19)30)16-42-29(41)36-24-13-20-12-21(31)11-10-18(20)14-34-24/h5,7,9-14,17,22,26H,3-4,6,8,15-16,33H2,1-2H3,(H,35,40)(H,38,39)(H,34,36,41)/t17?,22?,26-/m1/s1. The van der Waals surface area contributed by atoms with Gasteiger partial charge in [0, 0.05) is 25.2 Å². The second-order valence-corrected chi connectivity index (χ2v) is 10.4. The number of hydrogen-bond acceptors (Lipinski definition) is 6. The molecule has 0 aliphatic heterocycles. The third-order valence-corrected chi connectivity index (χ3v) is 7.42. The number of nitrogens with one attached hydrogen (secondary N) is 2. The number of pyridine rings is 1. The second-order valence-electron chi connectivity index (χ2n) is 10.0. The van der Waals surface area contributed by atoms with Gasteiger partial charge in [-0.3, -0.25) is 10.1 Å². The minimum atomic E-state index is -1.07. The van der Waals surface area contributed by atoms with E-state index in [1.165, 1.54) is 48.5 Å². The first-order chi connectivity index (χ1) is 20.0. The smallest absolute Gasteiger partial charge is 0.412 e. The maximum absolute atomic E-state index is 13.8. The maximum atomic E-state index is 13.8. The number of carboxylic acids is 1. The van der Waals surface area contributed by atoms with E-state index in [0.717, 1.165) is 0 Å². The molecule has 10 nitrogen and oxygen atoms in total. The summed E-state index contributed by atoms with van der Waals surface area (Å²) >= 11 is 5.99. The van der Waals surface area contributed by atoms with Crippen LogP contribution in [0.1, 0.15) is 38.2 Å². The summed E-state index contributed by atoms with van der Waals surface area (Å²) in [5.41, 5.74) is 6.09. The lowest BCUT2D eigenvalue weighted by molar-refractivity contribution is -0.139. The SMILES string of the molecule is CC(CCCCC(COC(=O)Nc1cc2cc(F)ccc2cn1)N(C)C(=O)NCc1cccc(F)c1Cl)[C@@H](N)C(=O)O. The molecule has 5 N–H and O–H groups in total. The Labute approximate surface area is 247 Å². The Bertz CT molecular complexity index is 1410. The number of carbonyl (C=O) groups excluding carboxylic acids is 2. The molecule has 0 saturated heterocycles.